The van der Waals surface area contributed by atoms with Crippen molar-refractivity contribution in [2.45, 2.75) is 32.9 Å². The molecule has 0 radical (unpaired) electrons. The third-order valence-electron chi connectivity index (χ3n) is 3.92. The van der Waals surface area contributed by atoms with E-state index in [9.17, 15) is 4.79 Å². The lowest BCUT2D eigenvalue weighted by molar-refractivity contribution is 0.187. The second-order valence-corrected chi connectivity index (χ2v) is 5.53. The third kappa shape index (κ3) is 4.74. The Kier molecular flexibility index (Phi) is 6.03. The van der Waals surface area contributed by atoms with Gasteiger partial charge in [-0.25, -0.2) is 4.79 Å². The Bertz CT molecular complexity index is 611. The van der Waals surface area contributed by atoms with Gasteiger partial charge in [0.25, 0.3) is 0 Å². The molecule has 0 aliphatic rings. The van der Waals surface area contributed by atoms with Crippen LogP contribution < -0.4 is 10.1 Å². The predicted molar refractivity (Wildman–Crippen MR) is 93.8 cm³/mol. The molecule has 1 atom stereocenters. The Labute approximate surface area is 138 Å². The van der Waals surface area contributed by atoms with Crippen molar-refractivity contribution in [2.75, 3.05) is 12.4 Å². The molecule has 4 heteroatoms. The minimum absolute atomic E-state index is 0.0895. The first kappa shape index (κ1) is 16.9. The maximum absolute atomic E-state index is 12.7. The first-order chi connectivity index (χ1) is 11.1. The minimum atomic E-state index is -0.0895. The summed E-state index contributed by atoms with van der Waals surface area (Å²) in [5.74, 6) is 0.770. The maximum atomic E-state index is 12.7. The van der Waals surface area contributed by atoms with Crippen LogP contribution in [0, 0.1) is 0 Å². The van der Waals surface area contributed by atoms with E-state index in [1.54, 1.807) is 7.11 Å². The predicted octanol–water partition coefficient (Wildman–Crippen LogP) is 4.53. The van der Waals surface area contributed by atoms with Crippen LogP contribution in [0.1, 0.15) is 25.8 Å². The number of urea groups is 1. The molecule has 0 saturated carbocycles. The smallest absolute Gasteiger partial charge is 0.322 e. The number of hydrogen-bond acceptors (Lipinski definition) is 2. The zero-order valence-electron chi connectivity index (χ0n) is 14.0. The molecule has 2 aromatic carbocycles. The first-order valence-electron chi connectivity index (χ1n) is 7.89. The Morgan fingerprint density at radius 1 is 1.13 bits per heavy atom. The molecular formula is C19H24N2O2. The Balaban J connectivity index is 2.09. The molecular weight excluding hydrogens is 288 g/mol. The summed E-state index contributed by atoms with van der Waals surface area (Å²) in [7, 11) is 1.62. The van der Waals surface area contributed by atoms with Crippen LogP contribution in [0.2, 0.25) is 0 Å². The monoisotopic (exact) mass is 312 g/mol. The van der Waals surface area contributed by atoms with E-state index in [-0.39, 0.29) is 12.1 Å². The fourth-order valence-corrected chi connectivity index (χ4v) is 2.30. The summed E-state index contributed by atoms with van der Waals surface area (Å²) in [6.45, 7) is 4.75. The number of benzene rings is 2. The highest BCUT2D eigenvalue weighted by Gasteiger charge is 2.19. The van der Waals surface area contributed by atoms with E-state index in [0.717, 1.165) is 23.4 Å². The van der Waals surface area contributed by atoms with Crippen LogP contribution in [-0.2, 0) is 6.54 Å². The summed E-state index contributed by atoms with van der Waals surface area (Å²) in [4.78, 5) is 14.5. The summed E-state index contributed by atoms with van der Waals surface area (Å²) >= 11 is 0. The van der Waals surface area contributed by atoms with Gasteiger partial charge in [0, 0.05) is 18.3 Å². The highest BCUT2D eigenvalue weighted by molar-refractivity contribution is 5.89. The van der Waals surface area contributed by atoms with E-state index >= 15 is 0 Å². The van der Waals surface area contributed by atoms with Crippen molar-refractivity contribution in [2.24, 2.45) is 0 Å². The molecule has 0 heterocycles. The average Bonchev–Trinajstić information content (AvgIpc) is 2.60. The van der Waals surface area contributed by atoms with E-state index in [2.05, 4.69) is 19.2 Å². The van der Waals surface area contributed by atoms with Crippen molar-refractivity contribution >= 4 is 11.7 Å². The van der Waals surface area contributed by atoms with Crippen LogP contribution in [0.25, 0.3) is 0 Å². The maximum Gasteiger partial charge on any atom is 0.322 e. The normalized spacial score (nSPS) is 11.6. The molecule has 2 amide bonds. The Hall–Kier alpha value is -2.49. The first-order valence-corrected chi connectivity index (χ1v) is 7.89. The highest BCUT2D eigenvalue weighted by atomic mass is 16.5. The van der Waals surface area contributed by atoms with Crippen molar-refractivity contribution in [3.8, 4) is 5.75 Å². The minimum Gasteiger partial charge on any atom is -0.497 e. The number of nitrogens with one attached hydrogen (secondary N) is 1. The third-order valence-corrected chi connectivity index (χ3v) is 3.92. The SMILES string of the molecule is CCC(C)N(Cc1ccccc1)C(=O)Nc1ccc(OC)cc1. The lowest BCUT2D eigenvalue weighted by Crippen LogP contribution is -2.40. The lowest BCUT2D eigenvalue weighted by atomic mass is 10.1. The number of nitrogens with zero attached hydrogens (tertiary/aromatic N) is 1. The van der Waals surface area contributed by atoms with Crippen LogP contribution in [0.5, 0.6) is 5.75 Å². The van der Waals surface area contributed by atoms with Crippen LogP contribution in [0.4, 0.5) is 10.5 Å². The molecule has 0 aromatic heterocycles. The topological polar surface area (TPSA) is 41.6 Å². The van der Waals surface area contributed by atoms with Gasteiger partial charge in [-0.05, 0) is 43.2 Å². The quantitative estimate of drug-likeness (QED) is 0.851. The van der Waals surface area contributed by atoms with Crippen LogP contribution in [0.15, 0.2) is 54.6 Å². The number of carbonyl (C=O) groups is 1. The number of methoxy groups -OCH3 is 1. The number of anilines is 1. The van der Waals surface area contributed by atoms with E-state index in [1.807, 2.05) is 59.5 Å². The fourth-order valence-electron chi connectivity index (χ4n) is 2.30. The summed E-state index contributed by atoms with van der Waals surface area (Å²) in [5, 5.41) is 2.96. The molecule has 122 valence electrons. The molecule has 23 heavy (non-hydrogen) atoms. The van der Waals surface area contributed by atoms with Crippen LogP contribution in [0.3, 0.4) is 0 Å². The molecule has 2 aromatic rings. The van der Waals surface area contributed by atoms with E-state index in [1.165, 1.54) is 0 Å². The van der Waals surface area contributed by atoms with Gasteiger partial charge in [0.05, 0.1) is 7.11 Å². The number of carbonyl (C=O) groups excluding carboxylic acids is 1. The van der Waals surface area contributed by atoms with Gasteiger partial charge < -0.3 is 15.0 Å². The number of rotatable bonds is 6. The average molecular weight is 312 g/mol. The van der Waals surface area contributed by atoms with Crippen LogP contribution in [-0.4, -0.2) is 24.1 Å². The second kappa shape index (κ2) is 8.22. The molecule has 0 fully saturated rings. The standard InChI is InChI=1S/C19H24N2O2/c1-4-15(2)21(14-16-8-6-5-7-9-16)19(22)20-17-10-12-18(23-3)13-11-17/h5-13,15H,4,14H2,1-3H3,(H,20,22). The zero-order valence-corrected chi connectivity index (χ0v) is 14.0. The number of hydrogen-bond donors (Lipinski definition) is 1. The summed E-state index contributed by atoms with van der Waals surface area (Å²) in [6.07, 6.45) is 0.906. The van der Waals surface area contributed by atoms with Crippen molar-refractivity contribution in [3.63, 3.8) is 0 Å². The van der Waals surface area contributed by atoms with Gasteiger partial charge in [-0.3, -0.25) is 0 Å². The summed E-state index contributed by atoms with van der Waals surface area (Å²) in [5.41, 5.74) is 1.88. The van der Waals surface area contributed by atoms with Crippen LogP contribution >= 0.6 is 0 Å². The van der Waals surface area contributed by atoms with Crippen molar-refractivity contribution in [3.05, 3.63) is 60.2 Å². The van der Waals surface area contributed by atoms with E-state index in [4.69, 9.17) is 4.74 Å². The van der Waals surface area contributed by atoms with Gasteiger partial charge in [-0.1, -0.05) is 37.3 Å². The van der Waals surface area contributed by atoms with Gasteiger partial charge in [-0.15, -0.1) is 0 Å². The molecule has 0 aliphatic heterocycles. The number of ether oxygens (including phenoxy) is 1. The molecule has 0 aliphatic carbocycles. The number of amides is 2. The molecule has 0 saturated heterocycles. The molecule has 0 bridgehead atoms. The Morgan fingerprint density at radius 3 is 2.35 bits per heavy atom. The van der Waals surface area contributed by atoms with Gasteiger partial charge in [0.1, 0.15) is 5.75 Å². The fraction of sp³-hybridized carbons (Fsp3) is 0.316. The van der Waals surface area contributed by atoms with Crippen molar-refractivity contribution in [1.29, 1.82) is 0 Å². The highest BCUT2D eigenvalue weighted by Crippen LogP contribution is 2.17. The molecule has 2 rings (SSSR count). The lowest BCUT2D eigenvalue weighted by Gasteiger charge is -2.29. The van der Waals surface area contributed by atoms with Gasteiger partial charge in [0.2, 0.25) is 0 Å². The molecule has 0 spiro atoms. The molecule has 1 unspecified atom stereocenters. The summed E-state index contributed by atoms with van der Waals surface area (Å²) in [6, 6.07) is 17.5. The largest absolute Gasteiger partial charge is 0.497 e. The van der Waals surface area contributed by atoms with Crippen molar-refractivity contribution < 1.29 is 9.53 Å². The second-order valence-electron chi connectivity index (χ2n) is 5.53. The summed E-state index contributed by atoms with van der Waals surface area (Å²) < 4.78 is 5.13. The van der Waals surface area contributed by atoms with Gasteiger partial charge in [0.15, 0.2) is 0 Å². The molecule has 4 nitrogen and oxygen atoms in total. The van der Waals surface area contributed by atoms with E-state index in [0.29, 0.717) is 6.54 Å². The van der Waals surface area contributed by atoms with Gasteiger partial charge >= 0.3 is 6.03 Å². The van der Waals surface area contributed by atoms with Crippen molar-refractivity contribution in [1.82, 2.24) is 4.90 Å². The Morgan fingerprint density at radius 2 is 1.78 bits per heavy atom. The zero-order chi connectivity index (χ0) is 16.7. The van der Waals surface area contributed by atoms with Gasteiger partial charge in [-0.2, -0.15) is 0 Å². The molecule has 1 N–H and O–H groups in total. The van der Waals surface area contributed by atoms with E-state index < -0.39 is 0 Å².